The molecule has 0 radical (unpaired) electrons. The van der Waals surface area contributed by atoms with Crippen molar-refractivity contribution in [3.05, 3.63) is 39.3 Å². The van der Waals surface area contributed by atoms with Crippen molar-refractivity contribution in [3.63, 3.8) is 0 Å². The summed E-state index contributed by atoms with van der Waals surface area (Å²) in [5.74, 6) is 5.64. The Kier molecular flexibility index (Phi) is 4.16. The van der Waals surface area contributed by atoms with Gasteiger partial charge in [-0.2, -0.15) is 16.4 Å². The van der Waals surface area contributed by atoms with Crippen LogP contribution in [0.5, 0.6) is 0 Å². The van der Waals surface area contributed by atoms with Crippen LogP contribution in [0, 0.1) is 13.8 Å². The fourth-order valence-electron chi connectivity index (χ4n) is 2.29. The molecule has 1 atom stereocenters. The number of rotatable bonds is 5. The molecule has 0 saturated heterocycles. The predicted molar refractivity (Wildman–Crippen MR) is 75.4 cm³/mol. The van der Waals surface area contributed by atoms with E-state index < -0.39 is 0 Å². The zero-order valence-corrected chi connectivity index (χ0v) is 11.9. The molecule has 3 N–H and O–H groups in total. The van der Waals surface area contributed by atoms with E-state index in [1.165, 1.54) is 16.8 Å². The third-order valence-corrected chi connectivity index (χ3v) is 4.19. The van der Waals surface area contributed by atoms with E-state index in [0.717, 1.165) is 18.5 Å². The summed E-state index contributed by atoms with van der Waals surface area (Å²) < 4.78 is 1.94. The van der Waals surface area contributed by atoms with E-state index in [-0.39, 0.29) is 6.04 Å². The lowest BCUT2D eigenvalue weighted by Crippen LogP contribution is -2.28. The molecule has 0 saturated carbocycles. The van der Waals surface area contributed by atoms with Crippen molar-refractivity contribution in [3.8, 4) is 0 Å². The van der Waals surface area contributed by atoms with Gasteiger partial charge in [0.05, 0.1) is 5.69 Å². The van der Waals surface area contributed by atoms with Crippen LogP contribution in [0.15, 0.2) is 16.8 Å². The van der Waals surface area contributed by atoms with Crippen LogP contribution in [0.1, 0.15) is 35.0 Å². The number of thiophene rings is 1. The average molecular weight is 264 g/mol. The topological polar surface area (TPSA) is 55.9 Å². The minimum atomic E-state index is 0.218. The number of hydrazine groups is 1. The number of hydrogen-bond donors (Lipinski definition) is 2. The predicted octanol–water partition coefficient (Wildman–Crippen LogP) is 2.24. The summed E-state index contributed by atoms with van der Waals surface area (Å²) in [6.07, 6.45) is 1.98. The Morgan fingerprint density at radius 2 is 2.28 bits per heavy atom. The maximum Gasteiger partial charge on any atom is 0.0628 e. The van der Waals surface area contributed by atoms with Crippen LogP contribution in [0.4, 0.5) is 0 Å². The van der Waals surface area contributed by atoms with Gasteiger partial charge in [0.2, 0.25) is 0 Å². The van der Waals surface area contributed by atoms with Crippen LogP contribution in [0.3, 0.4) is 0 Å². The van der Waals surface area contributed by atoms with Gasteiger partial charge in [-0.1, -0.05) is 0 Å². The lowest BCUT2D eigenvalue weighted by atomic mass is 10.0. The Balaban J connectivity index is 2.06. The minimum Gasteiger partial charge on any atom is -0.272 e. The standard InChI is InChI=1S/C13H20N4S/c1-9-12(10(2)17(3)16-9)4-5-13(15-14)11-6-7-18-8-11/h6-8,13,15H,4-5,14H2,1-3H3. The summed E-state index contributed by atoms with van der Waals surface area (Å²) in [5.41, 5.74) is 7.87. The summed E-state index contributed by atoms with van der Waals surface area (Å²) in [6.45, 7) is 4.18. The molecule has 2 aromatic rings. The molecule has 2 rings (SSSR count). The van der Waals surface area contributed by atoms with Crippen molar-refractivity contribution in [2.24, 2.45) is 12.9 Å². The molecule has 0 aliphatic carbocycles. The van der Waals surface area contributed by atoms with Gasteiger partial charge in [-0.3, -0.25) is 16.0 Å². The molecule has 0 spiro atoms. The molecule has 0 fully saturated rings. The van der Waals surface area contributed by atoms with Crippen LogP contribution in [0.25, 0.3) is 0 Å². The first-order valence-corrected chi connectivity index (χ1v) is 7.05. The smallest absolute Gasteiger partial charge is 0.0628 e. The lowest BCUT2D eigenvalue weighted by Gasteiger charge is -2.14. The molecule has 0 aliphatic rings. The number of hydrogen-bond acceptors (Lipinski definition) is 4. The lowest BCUT2D eigenvalue weighted by molar-refractivity contribution is 0.516. The van der Waals surface area contributed by atoms with Crippen molar-refractivity contribution in [1.82, 2.24) is 15.2 Å². The summed E-state index contributed by atoms with van der Waals surface area (Å²) in [4.78, 5) is 0. The molecule has 98 valence electrons. The molecular weight excluding hydrogens is 244 g/mol. The van der Waals surface area contributed by atoms with Gasteiger partial charge < -0.3 is 0 Å². The van der Waals surface area contributed by atoms with Crippen molar-refractivity contribution in [2.45, 2.75) is 32.7 Å². The highest BCUT2D eigenvalue weighted by atomic mass is 32.1. The van der Waals surface area contributed by atoms with E-state index in [1.807, 2.05) is 11.7 Å². The zero-order valence-electron chi connectivity index (χ0n) is 11.1. The second-order valence-electron chi connectivity index (χ2n) is 4.59. The van der Waals surface area contributed by atoms with Crippen LogP contribution >= 0.6 is 11.3 Å². The first-order chi connectivity index (χ1) is 8.63. The van der Waals surface area contributed by atoms with Gasteiger partial charge in [-0.15, -0.1) is 0 Å². The van der Waals surface area contributed by atoms with Crippen LogP contribution < -0.4 is 11.3 Å². The van der Waals surface area contributed by atoms with E-state index >= 15 is 0 Å². The van der Waals surface area contributed by atoms with E-state index in [1.54, 1.807) is 11.3 Å². The third kappa shape index (κ3) is 2.63. The van der Waals surface area contributed by atoms with E-state index in [9.17, 15) is 0 Å². The van der Waals surface area contributed by atoms with Crippen molar-refractivity contribution < 1.29 is 0 Å². The highest BCUT2D eigenvalue weighted by Crippen LogP contribution is 2.23. The van der Waals surface area contributed by atoms with E-state index in [4.69, 9.17) is 5.84 Å². The van der Waals surface area contributed by atoms with Gasteiger partial charge in [0.15, 0.2) is 0 Å². The van der Waals surface area contributed by atoms with Crippen LogP contribution in [0.2, 0.25) is 0 Å². The summed E-state index contributed by atoms with van der Waals surface area (Å²) in [7, 11) is 1.99. The second-order valence-corrected chi connectivity index (χ2v) is 5.37. The van der Waals surface area contributed by atoms with Gasteiger partial charge >= 0.3 is 0 Å². The normalized spacial score (nSPS) is 12.9. The van der Waals surface area contributed by atoms with E-state index in [0.29, 0.717) is 0 Å². The largest absolute Gasteiger partial charge is 0.272 e. The monoisotopic (exact) mass is 264 g/mol. The van der Waals surface area contributed by atoms with Gasteiger partial charge in [-0.05, 0) is 54.6 Å². The van der Waals surface area contributed by atoms with Gasteiger partial charge in [0.25, 0.3) is 0 Å². The first-order valence-electron chi connectivity index (χ1n) is 6.10. The molecule has 1 unspecified atom stereocenters. The summed E-state index contributed by atoms with van der Waals surface area (Å²) in [5, 5.41) is 8.67. The molecule has 0 aromatic carbocycles. The summed E-state index contributed by atoms with van der Waals surface area (Å²) in [6, 6.07) is 2.34. The Morgan fingerprint density at radius 3 is 2.78 bits per heavy atom. The fourth-order valence-corrected chi connectivity index (χ4v) is 3.00. The molecule has 2 heterocycles. The minimum absolute atomic E-state index is 0.218. The average Bonchev–Trinajstić information content (AvgIpc) is 2.94. The molecule has 18 heavy (non-hydrogen) atoms. The Morgan fingerprint density at radius 1 is 1.50 bits per heavy atom. The van der Waals surface area contributed by atoms with E-state index in [2.05, 4.69) is 41.2 Å². The zero-order chi connectivity index (χ0) is 13.1. The molecule has 0 bridgehead atoms. The van der Waals surface area contributed by atoms with Crippen molar-refractivity contribution >= 4 is 11.3 Å². The highest BCUT2D eigenvalue weighted by Gasteiger charge is 2.14. The number of aryl methyl sites for hydroxylation is 2. The highest BCUT2D eigenvalue weighted by molar-refractivity contribution is 7.07. The molecule has 0 aliphatic heterocycles. The Hall–Kier alpha value is -1.17. The van der Waals surface area contributed by atoms with Crippen LogP contribution in [-0.2, 0) is 13.5 Å². The molecule has 4 nitrogen and oxygen atoms in total. The van der Waals surface area contributed by atoms with Crippen molar-refractivity contribution in [1.29, 1.82) is 0 Å². The summed E-state index contributed by atoms with van der Waals surface area (Å²) >= 11 is 1.70. The maximum absolute atomic E-state index is 5.64. The molecule has 2 aromatic heterocycles. The van der Waals surface area contributed by atoms with Crippen LogP contribution in [-0.4, -0.2) is 9.78 Å². The SMILES string of the molecule is Cc1nn(C)c(C)c1CCC(NN)c1ccsc1. The number of nitrogens with two attached hydrogens (primary N) is 1. The van der Waals surface area contributed by atoms with Gasteiger partial charge in [-0.25, -0.2) is 0 Å². The second kappa shape index (κ2) is 5.65. The van der Waals surface area contributed by atoms with Crippen molar-refractivity contribution in [2.75, 3.05) is 0 Å². The number of nitrogens with zero attached hydrogens (tertiary/aromatic N) is 2. The first kappa shape index (κ1) is 13.3. The molecule has 5 heteroatoms. The van der Waals surface area contributed by atoms with Gasteiger partial charge in [0.1, 0.15) is 0 Å². The Labute approximate surface area is 112 Å². The van der Waals surface area contributed by atoms with Gasteiger partial charge in [0, 0.05) is 18.8 Å². The molecule has 0 amide bonds. The maximum atomic E-state index is 5.64. The molecular formula is C13H20N4S. The quantitative estimate of drug-likeness (QED) is 0.643. The number of nitrogens with one attached hydrogen (secondary N) is 1. The fraction of sp³-hybridized carbons (Fsp3) is 0.462. The number of aromatic nitrogens is 2. The third-order valence-electron chi connectivity index (χ3n) is 3.49. The Bertz CT molecular complexity index is 501.